The largest absolute Gasteiger partial charge is 0.255 e. The van der Waals surface area contributed by atoms with Crippen molar-refractivity contribution in [2.24, 2.45) is 10.1 Å². The van der Waals surface area contributed by atoms with E-state index in [0.717, 1.165) is 29.0 Å². The van der Waals surface area contributed by atoms with E-state index in [2.05, 4.69) is 61.0 Å². The van der Waals surface area contributed by atoms with Crippen LogP contribution in [0.1, 0.15) is 31.4 Å². The van der Waals surface area contributed by atoms with Gasteiger partial charge >= 0.3 is 0 Å². The number of aromatic nitrogens is 1. The molecule has 0 fully saturated rings. The normalized spacial score (nSPS) is 16.3. The SMILES string of the molecule is CC(C)N=c1scc(-c2cccs2)n1N=C1CCc2ccccc21. The first-order valence-corrected chi connectivity index (χ1v) is 9.92. The standard InChI is InChI=1S/C19H19N3S2/c1-13(2)20-19-22(17(12-24-19)18-8-5-11-23-18)21-16-10-9-14-6-3-4-7-15(14)16/h3-8,11-13H,9-10H2,1-2H3. The molecule has 0 radical (unpaired) electrons. The summed E-state index contributed by atoms with van der Waals surface area (Å²) >= 11 is 3.40. The van der Waals surface area contributed by atoms with E-state index in [4.69, 9.17) is 10.1 Å². The molecule has 0 aliphatic heterocycles. The molecule has 24 heavy (non-hydrogen) atoms. The Kier molecular flexibility index (Phi) is 4.21. The van der Waals surface area contributed by atoms with Crippen LogP contribution in [0.5, 0.6) is 0 Å². The summed E-state index contributed by atoms with van der Waals surface area (Å²) in [5, 5.41) is 9.30. The first-order valence-electron chi connectivity index (χ1n) is 8.17. The Morgan fingerprint density at radius 1 is 1.04 bits per heavy atom. The molecule has 0 spiro atoms. The maximum atomic E-state index is 5.03. The third-order valence-electron chi connectivity index (χ3n) is 4.01. The lowest BCUT2D eigenvalue weighted by molar-refractivity contribution is 0.752. The van der Waals surface area contributed by atoms with Crippen LogP contribution < -0.4 is 4.80 Å². The highest BCUT2D eigenvalue weighted by Crippen LogP contribution is 2.27. The highest BCUT2D eigenvalue weighted by atomic mass is 32.1. The fourth-order valence-electron chi connectivity index (χ4n) is 2.93. The van der Waals surface area contributed by atoms with Crippen molar-refractivity contribution in [3.63, 3.8) is 0 Å². The van der Waals surface area contributed by atoms with Crippen LogP contribution in [0.25, 0.3) is 10.6 Å². The lowest BCUT2D eigenvalue weighted by Crippen LogP contribution is -2.16. The molecule has 0 amide bonds. The maximum absolute atomic E-state index is 5.03. The average molecular weight is 354 g/mol. The smallest absolute Gasteiger partial charge is 0.206 e. The summed E-state index contributed by atoms with van der Waals surface area (Å²) in [7, 11) is 0. The monoisotopic (exact) mass is 353 g/mol. The Labute approximate surface area is 149 Å². The van der Waals surface area contributed by atoms with E-state index >= 15 is 0 Å². The molecule has 0 saturated carbocycles. The Hall–Kier alpha value is -1.98. The fraction of sp³-hybridized carbons (Fsp3) is 0.263. The average Bonchev–Trinajstić information content (AvgIpc) is 3.29. The van der Waals surface area contributed by atoms with Gasteiger partial charge in [-0.1, -0.05) is 30.3 Å². The zero-order chi connectivity index (χ0) is 16.5. The van der Waals surface area contributed by atoms with Crippen molar-refractivity contribution < 1.29 is 0 Å². The van der Waals surface area contributed by atoms with E-state index in [-0.39, 0.29) is 6.04 Å². The first kappa shape index (κ1) is 15.5. The third-order valence-corrected chi connectivity index (χ3v) is 5.73. The maximum Gasteiger partial charge on any atom is 0.206 e. The second-order valence-electron chi connectivity index (χ2n) is 6.12. The van der Waals surface area contributed by atoms with Crippen LogP contribution in [0.15, 0.2) is 57.3 Å². The summed E-state index contributed by atoms with van der Waals surface area (Å²) in [6, 6.07) is 13.1. The Bertz CT molecular complexity index is 943. The van der Waals surface area contributed by atoms with Crippen molar-refractivity contribution >= 4 is 28.4 Å². The number of hydrogen-bond acceptors (Lipinski definition) is 4. The molecule has 1 aliphatic carbocycles. The Morgan fingerprint density at radius 3 is 2.71 bits per heavy atom. The van der Waals surface area contributed by atoms with Gasteiger partial charge < -0.3 is 0 Å². The number of nitrogens with zero attached hydrogens (tertiary/aromatic N) is 3. The molecule has 4 rings (SSSR count). The van der Waals surface area contributed by atoms with Crippen LogP contribution >= 0.6 is 22.7 Å². The van der Waals surface area contributed by atoms with Crippen LogP contribution in [0.4, 0.5) is 0 Å². The summed E-state index contributed by atoms with van der Waals surface area (Å²) in [6.07, 6.45) is 2.07. The predicted octanol–water partition coefficient (Wildman–Crippen LogP) is 4.79. The summed E-state index contributed by atoms with van der Waals surface area (Å²) in [5.74, 6) is 0. The van der Waals surface area contributed by atoms with Gasteiger partial charge in [-0.05, 0) is 43.7 Å². The third kappa shape index (κ3) is 2.89. The van der Waals surface area contributed by atoms with Gasteiger partial charge in [-0.2, -0.15) is 5.10 Å². The minimum absolute atomic E-state index is 0.252. The number of thiophene rings is 1. The molecule has 1 aromatic carbocycles. The van der Waals surface area contributed by atoms with E-state index < -0.39 is 0 Å². The lowest BCUT2D eigenvalue weighted by Gasteiger charge is -2.05. The molecular weight excluding hydrogens is 334 g/mol. The molecule has 3 aromatic rings. The van der Waals surface area contributed by atoms with Crippen molar-refractivity contribution in [2.75, 3.05) is 0 Å². The van der Waals surface area contributed by atoms with Crippen molar-refractivity contribution in [3.8, 4) is 10.6 Å². The predicted molar refractivity (Wildman–Crippen MR) is 103 cm³/mol. The van der Waals surface area contributed by atoms with E-state index in [1.54, 1.807) is 22.7 Å². The van der Waals surface area contributed by atoms with E-state index in [0.29, 0.717) is 0 Å². The fourth-order valence-corrected chi connectivity index (χ4v) is 4.69. The van der Waals surface area contributed by atoms with E-state index in [1.165, 1.54) is 16.0 Å². The second-order valence-corrected chi connectivity index (χ2v) is 7.90. The molecular formula is C19H19N3S2. The molecule has 122 valence electrons. The molecule has 2 heterocycles. The topological polar surface area (TPSA) is 29.6 Å². The number of rotatable bonds is 3. The molecule has 0 atom stereocenters. The van der Waals surface area contributed by atoms with Gasteiger partial charge in [0.05, 0.1) is 16.3 Å². The molecule has 0 saturated heterocycles. The van der Waals surface area contributed by atoms with Crippen LogP contribution in [0.3, 0.4) is 0 Å². The highest BCUT2D eigenvalue weighted by molar-refractivity contribution is 7.14. The number of thiazole rings is 1. The van der Waals surface area contributed by atoms with Gasteiger partial charge in [0.2, 0.25) is 4.80 Å². The first-order chi connectivity index (χ1) is 11.7. The van der Waals surface area contributed by atoms with Gasteiger partial charge in [0, 0.05) is 17.0 Å². The van der Waals surface area contributed by atoms with Crippen LogP contribution in [0.2, 0.25) is 0 Å². The van der Waals surface area contributed by atoms with E-state index in [1.807, 2.05) is 4.68 Å². The zero-order valence-electron chi connectivity index (χ0n) is 13.8. The van der Waals surface area contributed by atoms with Crippen molar-refractivity contribution in [1.29, 1.82) is 0 Å². The van der Waals surface area contributed by atoms with Gasteiger partial charge in [-0.25, -0.2) is 4.68 Å². The molecule has 0 unspecified atom stereocenters. The number of hydrogen-bond donors (Lipinski definition) is 0. The van der Waals surface area contributed by atoms with Crippen LogP contribution in [-0.4, -0.2) is 16.4 Å². The number of benzene rings is 1. The number of aryl methyl sites for hydroxylation is 1. The molecule has 0 bridgehead atoms. The second kappa shape index (κ2) is 6.49. The van der Waals surface area contributed by atoms with Gasteiger partial charge in [0.25, 0.3) is 0 Å². The van der Waals surface area contributed by atoms with Crippen LogP contribution in [0, 0.1) is 0 Å². The van der Waals surface area contributed by atoms with Gasteiger partial charge in [-0.3, -0.25) is 4.99 Å². The zero-order valence-corrected chi connectivity index (χ0v) is 15.4. The molecule has 3 nitrogen and oxygen atoms in total. The quantitative estimate of drug-likeness (QED) is 0.648. The van der Waals surface area contributed by atoms with Crippen LogP contribution in [-0.2, 0) is 6.42 Å². The highest BCUT2D eigenvalue weighted by Gasteiger charge is 2.18. The van der Waals surface area contributed by atoms with E-state index in [9.17, 15) is 0 Å². The van der Waals surface area contributed by atoms with Gasteiger partial charge in [-0.15, -0.1) is 22.7 Å². The Balaban J connectivity index is 1.88. The minimum atomic E-state index is 0.252. The minimum Gasteiger partial charge on any atom is -0.255 e. The molecule has 0 N–H and O–H groups in total. The summed E-state index contributed by atoms with van der Waals surface area (Å²) in [4.78, 5) is 6.96. The summed E-state index contributed by atoms with van der Waals surface area (Å²) < 4.78 is 2.04. The Morgan fingerprint density at radius 2 is 1.92 bits per heavy atom. The summed E-state index contributed by atoms with van der Waals surface area (Å²) in [5.41, 5.74) is 4.97. The van der Waals surface area contributed by atoms with Gasteiger partial charge in [0.15, 0.2) is 0 Å². The lowest BCUT2D eigenvalue weighted by atomic mass is 10.1. The molecule has 5 heteroatoms. The number of fused-ring (bicyclic) bond motifs is 1. The molecule has 1 aliphatic rings. The van der Waals surface area contributed by atoms with Gasteiger partial charge in [0.1, 0.15) is 0 Å². The van der Waals surface area contributed by atoms with Crippen molar-refractivity contribution in [3.05, 3.63) is 63.1 Å². The molecule has 2 aromatic heterocycles. The van der Waals surface area contributed by atoms with Crippen molar-refractivity contribution in [2.45, 2.75) is 32.7 Å². The summed E-state index contributed by atoms with van der Waals surface area (Å²) in [6.45, 7) is 4.21. The van der Waals surface area contributed by atoms with Crippen molar-refractivity contribution in [1.82, 2.24) is 4.68 Å².